The molecule has 5 rings (SSSR count). The molecule has 0 bridgehead atoms. The van der Waals surface area contributed by atoms with Crippen molar-refractivity contribution in [3.05, 3.63) is 63.8 Å². The third-order valence-corrected chi connectivity index (χ3v) is 10.3. The van der Waals surface area contributed by atoms with Gasteiger partial charge in [0.25, 0.3) is 15.9 Å². The Morgan fingerprint density at radius 3 is 2.57 bits per heavy atom. The van der Waals surface area contributed by atoms with Crippen LogP contribution in [0.25, 0.3) is 11.1 Å². The smallest absolute Gasteiger partial charge is 0.263 e. The topological polar surface area (TPSA) is 114 Å². The lowest BCUT2D eigenvalue weighted by atomic mass is 9.96. The van der Waals surface area contributed by atoms with Crippen LogP contribution in [0.4, 0.5) is 5.82 Å². The van der Waals surface area contributed by atoms with E-state index < -0.39 is 15.6 Å². The molecule has 224 valence electrons. The number of sulfonamides is 1. The van der Waals surface area contributed by atoms with E-state index in [1.807, 2.05) is 36.1 Å². The normalized spacial score (nSPS) is 16.4. The van der Waals surface area contributed by atoms with Gasteiger partial charge in [-0.1, -0.05) is 67.7 Å². The average molecular weight is 658 g/mol. The molecule has 1 aliphatic carbocycles. The first-order valence-electron chi connectivity index (χ1n) is 14.5. The van der Waals surface area contributed by atoms with Gasteiger partial charge in [-0.25, -0.2) is 8.42 Å². The minimum absolute atomic E-state index is 0.0862. The summed E-state index contributed by atoms with van der Waals surface area (Å²) >= 11 is 3.33. The molecule has 9 nitrogen and oxygen atoms in total. The van der Waals surface area contributed by atoms with Crippen molar-refractivity contribution in [1.29, 1.82) is 0 Å². The van der Waals surface area contributed by atoms with Crippen LogP contribution >= 0.6 is 15.9 Å². The number of halogens is 1. The van der Waals surface area contributed by atoms with Gasteiger partial charge in [-0.05, 0) is 71.8 Å². The predicted molar refractivity (Wildman–Crippen MR) is 166 cm³/mol. The Bertz CT molecular complexity index is 1590. The van der Waals surface area contributed by atoms with Crippen LogP contribution in [-0.4, -0.2) is 42.4 Å². The lowest BCUT2D eigenvalue weighted by molar-refractivity contribution is -0.131. The molecule has 2 heterocycles. The molecular weight excluding hydrogens is 620 g/mol. The molecular formula is C31H37BrN4O5S. The van der Waals surface area contributed by atoms with Crippen LogP contribution in [-0.2, 0) is 32.7 Å². The van der Waals surface area contributed by atoms with Crippen molar-refractivity contribution in [3.63, 3.8) is 0 Å². The van der Waals surface area contributed by atoms with E-state index in [0.29, 0.717) is 35.6 Å². The van der Waals surface area contributed by atoms with E-state index in [1.165, 1.54) is 0 Å². The van der Waals surface area contributed by atoms with Gasteiger partial charge in [0.05, 0.1) is 18.0 Å². The predicted octanol–water partition coefficient (Wildman–Crippen LogP) is 6.99. The highest BCUT2D eigenvalue weighted by atomic mass is 79.9. The number of ether oxygens (including phenoxy) is 1. The number of carbonyl (C=O) groups is 1. The lowest BCUT2D eigenvalue weighted by Crippen LogP contribution is -2.40. The molecule has 0 saturated heterocycles. The standard InChI is InChI=1S/C31H37BrN4O5S/c1-4-6-13-27-33-31(16-9-10-17-31)30(37)36(27)19-22-14-15-24(23(18-22)20-40-5-2)25-11-7-8-12-26(25)42(38,39)35-29-28(32)21(3)41-34-29/h7-8,11-12,14-15,18H,4-6,9-10,13,16-17,19-20H2,1-3H3,(H,34,35). The minimum Gasteiger partial charge on any atom is -0.377 e. The fourth-order valence-electron chi connectivity index (χ4n) is 5.75. The van der Waals surface area contributed by atoms with Crippen LogP contribution in [0.15, 0.2) is 61.3 Å². The number of unbranched alkanes of at least 4 members (excludes halogenated alkanes) is 1. The largest absolute Gasteiger partial charge is 0.377 e. The molecule has 1 N–H and O–H groups in total. The zero-order valence-corrected chi connectivity index (χ0v) is 26.7. The molecule has 0 radical (unpaired) electrons. The Hall–Kier alpha value is -3.02. The molecule has 3 aromatic rings. The highest BCUT2D eigenvalue weighted by Crippen LogP contribution is 2.40. The number of anilines is 1. The summed E-state index contributed by atoms with van der Waals surface area (Å²) in [6, 6.07) is 12.7. The number of amides is 1. The summed E-state index contributed by atoms with van der Waals surface area (Å²) in [7, 11) is -4.02. The number of amidine groups is 1. The van der Waals surface area contributed by atoms with E-state index in [-0.39, 0.29) is 16.6 Å². The summed E-state index contributed by atoms with van der Waals surface area (Å²) in [6.07, 6.45) is 6.49. The second-order valence-corrected chi connectivity index (χ2v) is 13.3. The average Bonchev–Trinajstić information content (AvgIpc) is 3.66. The van der Waals surface area contributed by atoms with E-state index in [1.54, 1.807) is 25.1 Å². The number of aromatic nitrogens is 1. The molecule has 1 fully saturated rings. The first-order chi connectivity index (χ1) is 20.2. The van der Waals surface area contributed by atoms with Gasteiger partial charge in [0.15, 0.2) is 5.82 Å². The molecule has 1 aliphatic heterocycles. The molecule has 2 aliphatic rings. The lowest BCUT2D eigenvalue weighted by Gasteiger charge is -2.23. The fourth-order valence-corrected chi connectivity index (χ4v) is 7.35. The summed E-state index contributed by atoms with van der Waals surface area (Å²) < 4.78 is 41.0. The van der Waals surface area contributed by atoms with E-state index >= 15 is 0 Å². The van der Waals surface area contributed by atoms with Gasteiger partial charge in [-0.2, -0.15) is 0 Å². The second-order valence-electron chi connectivity index (χ2n) is 10.9. The molecule has 0 atom stereocenters. The minimum atomic E-state index is -4.02. The summed E-state index contributed by atoms with van der Waals surface area (Å²) in [5.74, 6) is 1.55. The van der Waals surface area contributed by atoms with Gasteiger partial charge in [-0.15, -0.1) is 0 Å². The number of aryl methyl sites for hydroxylation is 1. The van der Waals surface area contributed by atoms with Gasteiger partial charge in [0.2, 0.25) is 0 Å². The molecule has 2 aromatic carbocycles. The summed E-state index contributed by atoms with van der Waals surface area (Å²) in [4.78, 5) is 20.7. The summed E-state index contributed by atoms with van der Waals surface area (Å²) in [5.41, 5.74) is 2.47. The van der Waals surface area contributed by atoms with Crippen molar-refractivity contribution in [2.75, 3.05) is 11.3 Å². The summed E-state index contributed by atoms with van der Waals surface area (Å²) in [5, 5.41) is 3.83. The van der Waals surface area contributed by atoms with Gasteiger partial charge >= 0.3 is 0 Å². The van der Waals surface area contributed by atoms with E-state index in [0.717, 1.165) is 67.5 Å². The Morgan fingerprint density at radius 1 is 1.12 bits per heavy atom. The highest BCUT2D eigenvalue weighted by molar-refractivity contribution is 9.10. The Labute approximate surface area is 255 Å². The number of hydrogen-bond acceptors (Lipinski definition) is 7. The SMILES string of the molecule is CCCCC1=NC2(CCCC2)C(=O)N1Cc1ccc(-c2ccccc2S(=O)(=O)Nc2noc(C)c2Br)c(COCC)c1. The van der Waals surface area contributed by atoms with Crippen LogP contribution < -0.4 is 4.72 Å². The molecule has 11 heteroatoms. The van der Waals surface area contributed by atoms with E-state index in [2.05, 4.69) is 32.7 Å². The fraction of sp³-hybridized carbons (Fsp3) is 0.452. The van der Waals surface area contributed by atoms with Crippen molar-refractivity contribution < 1.29 is 22.5 Å². The third kappa shape index (κ3) is 6.05. The van der Waals surface area contributed by atoms with Gasteiger partial charge < -0.3 is 9.26 Å². The Kier molecular flexibility index (Phi) is 9.20. The molecule has 1 aromatic heterocycles. The maximum Gasteiger partial charge on any atom is 0.263 e. The number of hydrogen-bond donors (Lipinski definition) is 1. The van der Waals surface area contributed by atoms with Gasteiger partial charge in [-0.3, -0.25) is 19.4 Å². The molecule has 42 heavy (non-hydrogen) atoms. The molecule has 1 amide bonds. The third-order valence-electron chi connectivity index (χ3n) is 7.94. The number of aliphatic imine (C=N–C) groups is 1. The van der Waals surface area contributed by atoms with Crippen LogP contribution in [0.2, 0.25) is 0 Å². The zero-order chi connectivity index (χ0) is 29.9. The first-order valence-corrected chi connectivity index (χ1v) is 16.8. The molecule has 1 spiro atoms. The van der Waals surface area contributed by atoms with Crippen LogP contribution in [0.1, 0.15) is 75.7 Å². The van der Waals surface area contributed by atoms with E-state index in [4.69, 9.17) is 14.3 Å². The molecule has 0 unspecified atom stereocenters. The highest BCUT2D eigenvalue weighted by Gasteiger charge is 2.49. The van der Waals surface area contributed by atoms with Crippen LogP contribution in [0.5, 0.6) is 0 Å². The Morgan fingerprint density at radius 2 is 1.88 bits per heavy atom. The summed E-state index contributed by atoms with van der Waals surface area (Å²) in [6.45, 7) is 6.97. The quantitative estimate of drug-likeness (QED) is 0.225. The number of rotatable bonds is 12. The molecule has 1 saturated carbocycles. The van der Waals surface area contributed by atoms with Crippen molar-refractivity contribution in [3.8, 4) is 11.1 Å². The monoisotopic (exact) mass is 656 g/mol. The van der Waals surface area contributed by atoms with E-state index in [9.17, 15) is 13.2 Å². The first kappa shape index (κ1) is 30.4. The second kappa shape index (κ2) is 12.7. The van der Waals surface area contributed by atoms with Gasteiger partial charge in [0.1, 0.15) is 21.6 Å². The van der Waals surface area contributed by atoms with Gasteiger partial charge in [0, 0.05) is 18.6 Å². The van der Waals surface area contributed by atoms with Crippen molar-refractivity contribution in [1.82, 2.24) is 10.1 Å². The zero-order valence-electron chi connectivity index (χ0n) is 24.3. The van der Waals surface area contributed by atoms with Crippen molar-refractivity contribution in [2.45, 2.75) is 89.3 Å². The number of nitrogens with zero attached hydrogens (tertiary/aromatic N) is 3. The van der Waals surface area contributed by atoms with Crippen LogP contribution in [0.3, 0.4) is 0 Å². The number of nitrogens with one attached hydrogen (secondary N) is 1. The maximum atomic E-state index is 13.7. The number of carbonyl (C=O) groups excluding carboxylic acids is 1. The number of benzene rings is 2. The maximum absolute atomic E-state index is 13.7. The van der Waals surface area contributed by atoms with Crippen molar-refractivity contribution in [2.24, 2.45) is 4.99 Å². The van der Waals surface area contributed by atoms with Crippen molar-refractivity contribution >= 4 is 43.5 Å². The Balaban J connectivity index is 1.49. The van der Waals surface area contributed by atoms with Crippen LogP contribution in [0, 0.1) is 6.92 Å².